The van der Waals surface area contributed by atoms with Gasteiger partial charge in [0.1, 0.15) is 11.6 Å². The zero-order valence-corrected chi connectivity index (χ0v) is 23.1. The molecule has 208 valence electrons. The van der Waals surface area contributed by atoms with Crippen LogP contribution in [0.5, 0.6) is 0 Å². The number of nitrogens with zero attached hydrogens (tertiary/aromatic N) is 1. The Bertz CT molecular complexity index is 1000. The highest BCUT2D eigenvalue weighted by Gasteiger charge is 2.37. The van der Waals surface area contributed by atoms with Crippen LogP contribution in [0.1, 0.15) is 66.2 Å². The summed E-state index contributed by atoms with van der Waals surface area (Å²) < 4.78 is 33.5. The van der Waals surface area contributed by atoms with Crippen molar-refractivity contribution >= 4 is 27.9 Å². The Labute approximate surface area is 220 Å². The molecule has 37 heavy (non-hydrogen) atoms. The van der Waals surface area contributed by atoms with Gasteiger partial charge in [0.2, 0.25) is 15.9 Å². The van der Waals surface area contributed by atoms with Crippen molar-refractivity contribution in [3.05, 3.63) is 30.3 Å². The standard InChI is InChI=1S/C24H37N3O5S.C2H4O2/c1-23(2,3)32-22(29)20(26-33(30,31)19-7-5-4-6-8-19)9-10-21(28)27-17-13-24(14-18-27)11-15-25-16-12-24;1-2(3)4/h4-8,20,25-26H,9-18H2,1-3H3;1H3,(H,3,4)/t20-;/m0./s1. The lowest BCUT2D eigenvalue weighted by Crippen LogP contribution is -2.48. The van der Waals surface area contributed by atoms with Crippen molar-refractivity contribution in [1.29, 1.82) is 0 Å². The number of hydrogen-bond acceptors (Lipinski definition) is 7. The monoisotopic (exact) mass is 539 g/mol. The lowest BCUT2D eigenvalue weighted by atomic mass is 9.71. The van der Waals surface area contributed by atoms with Gasteiger partial charge in [-0.2, -0.15) is 4.72 Å². The van der Waals surface area contributed by atoms with Crippen LogP contribution in [0, 0.1) is 5.41 Å². The number of carboxylic acids is 1. The predicted octanol–water partition coefficient (Wildman–Crippen LogP) is 2.54. The maximum Gasteiger partial charge on any atom is 0.324 e. The minimum Gasteiger partial charge on any atom is -0.481 e. The van der Waals surface area contributed by atoms with Crippen molar-refractivity contribution in [2.75, 3.05) is 26.2 Å². The highest BCUT2D eigenvalue weighted by Crippen LogP contribution is 2.39. The first-order valence-corrected chi connectivity index (χ1v) is 14.2. The van der Waals surface area contributed by atoms with Crippen LogP contribution in [0.3, 0.4) is 0 Å². The quantitative estimate of drug-likeness (QED) is 0.449. The smallest absolute Gasteiger partial charge is 0.324 e. The van der Waals surface area contributed by atoms with E-state index in [9.17, 15) is 18.0 Å². The first-order valence-electron chi connectivity index (χ1n) is 12.7. The fourth-order valence-corrected chi connectivity index (χ4v) is 5.81. The van der Waals surface area contributed by atoms with E-state index in [4.69, 9.17) is 14.6 Å². The van der Waals surface area contributed by atoms with Crippen molar-refractivity contribution < 1.29 is 32.6 Å². The van der Waals surface area contributed by atoms with Crippen LogP contribution in [0.2, 0.25) is 0 Å². The van der Waals surface area contributed by atoms with E-state index in [0.717, 1.165) is 45.7 Å². The molecular formula is C26H41N3O7S. The zero-order valence-electron chi connectivity index (χ0n) is 22.3. The van der Waals surface area contributed by atoms with E-state index in [1.807, 2.05) is 4.90 Å². The van der Waals surface area contributed by atoms with Crippen LogP contribution < -0.4 is 10.0 Å². The summed E-state index contributed by atoms with van der Waals surface area (Å²) >= 11 is 0. The number of carboxylic acid groups (broad SMARTS) is 1. The number of esters is 1. The molecule has 2 aliphatic heterocycles. The van der Waals surface area contributed by atoms with Crippen molar-refractivity contribution in [1.82, 2.24) is 14.9 Å². The van der Waals surface area contributed by atoms with E-state index in [0.29, 0.717) is 18.5 Å². The van der Waals surface area contributed by atoms with Crippen molar-refractivity contribution in [2.24, 2.45) is 5.41 Å². The van der Waals surface area contributed by atoms with Crippen molar-refractivity contribution in [3.8, 4) is 0 Å². The van der Waals surface area contributed by atoms with Gasteiger partial charge in [-0.05, 0) is 83.5 Å². The molecule has 0 radical (unpaired) electrons. The second-order valence-corrected chi connectivity index (χ2v) is 12.4. The number of piperidine rings is 2. The topological polar surface area (TPSA) is 142 Å². The summed E-state index contributed by atoms with van der Waals surface area (Å²) in [4.78, 5) is 36.6. The third-order valence-corrected chi connectivity index (χ3v) is 8.02. The maximum atomic E-state index is 12.9. The van der Waals surface area contributed by atoms with Gasteiger partial charge < -0.3 is 20.1 Å². The summed E-state index contributed by atoms with van der Waals surface area (Å²) in [6.07, 6.45) is 4.42. The summed E-state index contributed by atoms with van der Waals surface area (Å²) in [6.45, 7) is 9.76. The Hall–Kier alpha value is -2.50. The first kappa shape index (κ1) is 30.7. The number of nitrogens with one attached hydrogen (secondary N) is 2. The molecule has 1 aromatic carbocycles. The average molecular weight is 540 g/mol. The summed E-state index contributed by atoms with van der Waals surface area (Å²) in [5.74, 6) is -1.56. The fourth-order valence-electron chi connectivity index (χ4n) is 4.57. The number of rotatable bonds is 7. The van der Waals surface area contributed by atoms with Gasteiger partial charge in [-0.15, -0.1) is 0 Å². The lowest BCUT2D eigenvalue weighted by molar-refractivity contribution is -0.157. The Morgan fingerprint density at radius 3 is 2.14 bits per heavy atom. The van der Waals surface area contributed by atoms with Gasteiger partial charge in [-0.25, -0.2) is 8.42 Å². The third kappa shape index (κ3) is 10.4. The third-order valence-electron chi connectivity index (χ3n) is 6.53. The number of aliphatic carboxylic acids is 1. The Morgan fingerprint density at radius 1 is 1.08 bits per heavy atom. The fraction of sp³-hybridized carbons (Fsp3) is 0.654. The lowest BCUT2D eigenvalue weighted by Gasteiger charge is -2.44. The SMILES string of the molecule is CC(=O)O.CC(C)(C)OC(=O)[C@H](CCC(=O)N1CCC2(CCNCC2)CC1)NS(=O)(=O)c1ccccc1. The molecule has 1 aromatic rings. The van der Waals surface area contributed by atoms with Gasteiger partial charge in [0, 0.05) is 26.4 Å². The average Bonchev–Trinajstić information content (AvgIpc) is 2.81. The summed E-state index contributed by atoms with van der Waals surface area (Å²) in [5, 5.41) is 10.8. The molecule has 0 unspecified atom stereocenters. The van der Waals surface area contributed by atoms with E-state index in [1.54, 1.807) is 39.0 Å². The summed E-state index contributed by atoms with van der Waals surface area (Å²) in [5.41, 5.74) is -0.431. The summed E-state index contributed by atoms with van der Waals surface area (Å²) in [6, 6.07) is 6.74. The molecule has 2 saturated heterocycles. The minimum atomic E-state index is -3.93. The number of ether oxygens (including phenoxy) is 1. The second kappa shape index (κ2) is 13.3. The predicted molar refractivity (Wildman–Crippen MR) is 139 cm³/mol. The van der Waals surface area contributed by atoms with Gasteiger partial charge in [-0.3, -0.25) is 14.4 Å². The molecule has 1 spiro atoms. The largest absolute Gasteiger partial charge is 0.481 e. The number of carbonyl (C=O) groups excluding carboxylic acids is 2. The van der Waals surface area contributed by atoms with Crippen LogP contribution in [-0.2, 0) is 29.1 Å². The van der Waals surface area contributed by atoms with Gasteiger partial charge in [-0.1, -0.05) is 18.2 Å². The van der Waals surface area contributed by atoms with Gasteiger partial charge >= 0.3 is 5.97 Å². The normalized spacial score (nSPS) is 18.3. The number of amides is 1. The number of benzene rings is 1. The Morgan fingerprint density at radius 2 is 1.62 bits per heavy atom. The van der Waals surface area contributed by atoms with Crippen molar-refractivity contribution in [2.45, 2.75) is 82.8 Å². The maximum absolute atomic E-state index is 12.9. The molecule has 2 fully saturated rings. The highest BCUT2D eigenvalue weighted by molar-refractivity contribution is 7.89. The molecular weight excluding hydrogens is 498 g/mol. The first-order chi connectivity index (χ1) is 17.2. The number of carbonyl (C=O) groups is 3. The van der Waals surface area contributed by atoms with E-state index in [1.165, 1.54) is 12.1 Å². The van der Waals surface area contributed by atoms with E-state index >= 15 is 0 Å². The van der Waals surface area contributed by atoms with Gasteiger partial charge in [0.05, 0.1) is 4.90 Å². The Kier molecular flexibility index (Phi) is 11.1. The summed E-state index contributed by atoms with van der Waals surface area (Å²) in [7, 11) is -3.93. The van der Waals surface area contributed by atoms with Crippen LogP contribution in [0.25, 0.3) is 0 Å². The van der Waals surface area contributed by atoms with E-state index in [-0.39, 0.29) is 23.6 Å². The molecule has 0 aliphatic carbocycles. The molecule has 0 aromatic heterocycles. The molecule has 11 heteroatoms. The zero-order chi connectivity index (χ0) is 27.7. The molecule has 10 nitrogen and oxygen atoms in total. The molecule has 3 N–H and O–H groups in total. The number of sulfonamides is 1. The molecule has 2 aliphatic rings. The number of likely N-dealkylation sites (tertiary alicyclic amines) is 1. The van der Waals surface area contributed by atoms with E-state index < -0.39 is 33.6 Å². The molecule has 3 rings (SSSR count). The van der Waals surface area contributed by atoms with Crippen LogP contribution in [0.15, 0.2) is 35.2 Å². The molecule has 0 saturated carbocycles. The van der Waals surface area contributed by atoms with Crippen LogP contribution >= 0.6 is 0 Å². The van der Waals surface area contributed by atoms with Gasteiger partial charge in [0.25, 0.3) is 5.97 Å². The van der Waals surface area contributed by atoms with Gasteiger partial charge in [0.15, 0.2) is 0 Å². The van der Waals surface area contributed by atoms with Crippen LogP contribution in [0.4, 0.5) is 0 Å². The highest BCUT2D eigenvalue weighted by atomic mass is 32.2. The second-order valence-electron chi connectivity index (χ2n) is 10.7. The minimum absolute atomic E-state index is 0.0470. The van der Waals surface area contributed by atoms with E-state index in [2.05, 4.69) is 10.0 Å². The molecule has 2 heterocycles. The van der Waals surface area contributed by atoms with Crippen molar-refractivity contribution in [3.63, 3.8) is 0 Å². The van der Waals surface area contributed by atoms with Crippen LogP contribution in [-0.4, -0.2) is 74.1 Å². The molecule has 1 atom stereocenters. The Balaban J connectivity index is 0.00000112. The molecule has 0 bridgehead atoms. The number of hydrogen-bond donors (Lipinski definition) is 3. The molecule has 1 amide bonds.